The lowest BCUT2D eigenvalue weighted by molar-refractivity contribution is -0.210. The van der Waals surface area contributed by atoms with Crippen molar-refractivity contribution in [2.24, 2.45) is 0 Å². The normalized spacial score (nSPS) is 41.2. The molecule has 114 valence electrons. The third kappa shape index (κ3) is 2.28. The highest BCUT2D eigenvalue weighted by Gasteiger charge is 2.61. The van der Waals surface area contributed by atoms with E-state index >= 15 is 0 Å². The molecule has 0 amide bonds. The number of hydrogen-bond acceptors (Lipinski definition) is 4. The van der Waals surface area contributed by atoms with Crippen LogP contribution in [-0.4, -0.2) is 47.9 Å². The number of benzene rings is 1. The molecule has 4 nitrogen and oxygen atoms in total. The average Bonchev–Trinajstić information content (AvgIpc) is 3.00. The summed E-state index contributed by atoms with van der Waals surface area (Å²) in [6.07, 6.45) is -2.10. The van der Waals surface area contributed by atoms with Crippen molar-refractivity contribution < 1.29 is 18.6 Å². The molecule has 3 fully saturated rings. The van der Waals surface area contributed by atoms with Gasteiger partial charge in [0.05, 0.1) is 6.04 Å². The summed E-state index contributed by atoms with van der Waals surface area (Å²) in [7, 11) is 0. The number of hydrogen-bond donors (Lipinski definition) is 0. The van der Waals surface area contributed by atoms with Crippen LogP contribution in [-0.2, 0) is 20.8 Å². The third-order valence-corrected chi connectivity index (χ3v) is 4.47. The van der Waals surface area contributed by atoms with Gasteiger partial charge in [0.15, 0.2) is 12.1 Å². The molecular weight excluding hydrogens is 273 g/mol. The van der Waals surface area contributed by atoms with Gasteiger partial charge in [-0.1, -0.05) is 30.3 Å². The van der Waals surface area contributed by atoms with Crippen LogP contribution in [0.3, 0.4) is 0 Å². The smallest absolute Gasteiger partial charge is 0.189 e. The van der Waals surface area contributed by atoms with Crippen LogP contribution in [0.25, 0.3) is 0 Å². The van der Waals surface area contributed by atoms with Crippen LogP contribution in [0.5, 0.6) is 0 Å². The monoisotopic (exact) mass is 293 g/mol. The quantitative estimate of drug-likeness (QED) is 0.835. The summed E-state index contributed by atoms with van der Waals surface area (Å²) >= 11 is 0. The first-order chi connectivity index (χ1) is 10.0. The van der Waals surface area contributed by atoms with Crippen molar-refractivity contribution in [1.29, 1.82) is 0 Å². The van der Waals surface area contributed by atoms with Crippen molar-refractivity contribution in [2.45, 2.75) is 56.9 Å². The molecule has 0 bridgehead atoms. The second-order valence-electron chi connectivity index (χ2n) is 6.49. The fraction of sp³-hybridized carbons (Fsp3) is 0.625. The zero-order chi connectivity index (χ0) is 14.6. The number of alkyl halides is 1. The molecule has 0 saturated carbocycles. The summed E-state index contributed by atoms with van der Waals surface area (Å²) in [6.45, 7) is 4.83. The van der Waals surface area contributed by atoms with Crippen LogP contribution in [0.15, 0.2) is 30.3 Å². The number of halogens is 1. The van der Waals surface area contributed by atoms with Gasteiger partial charge in [0.1, 0.15) is 18.4 Å². The maximum absolute atomic E-state index is 14.3. The van der Waals surface area contributed by atoms with E-state index in [9.17, 15) is 4.39 Å². The molecule has 0 unspecified atom stereocenters. The number of fused-ring (bicyclic) bond motifs is 3. The van der Waals surface area contributed by atoms with Crippen LogP contribution < -0.4 is 0 Å². The van der Waals surface area contributed by atoms with Gasteiger partial charge in [-0.05, 0) is 19.4 Å². The molecule has 3 aliphatic heterocycles. The number of likely N-dealkylation sites (tertiary alicyclic amines) is 1. The summed E-state index contributed by atoms with van der Waals surface area (Å²) in [5.74, 6) is -0.660. The summed E-state index contributed by atoms with van der Waals surface area (Å²) in [5.41, 5.74) is 1.17. The minimum Gasteiger partial charge on any atom is -0.342 e. The van der Waals surface area contributed by atoms with E-state index in [0.717, 1.165) is 0 Å². The van der Waals surface area contributed by atoms with Crippen LogP contribution in [0, 0.1) is 0 Å². The first-order valence-corrected chi connectivity index (χ1v) is 7.47. The van der Waals surface area contributed by atoms with Crippen molar-refractivity contribution in [3.8, 4) is 0 Å². The van der Waals surface area contributed by atoms with Gasteiger partial charge in [0.2, 0.25) is 0 Å². The van der Waals surface area contributed by atoms with Crippen LogP contribution in [0.1, 0.15) is 19.4 Å². The molecule has 0 spiro atoms. The van der Waals surface area contributed by atoms with E-state index in [2.05, 4.69) is 17.0 Å². The Bertz CT molecular complexity index is 524. The van der Waals surface area contributed by atoms with Gasteiger partial charge < -0.3 is 14.2 Å². The highest BCUT2D eigenvalue weighted by Crippen LogP contribution is 2.44. The van der Waals surface area contributed by atoms with Crippen molar-refractivity contribution in [2.75, 3.05) is 6.54 Å². The first-order valence-electron chi connectivity index (χ1n) is 7.47. The van der Waals surface area contributed by atoms with E-state index < -0.39 is 24.4 Å². The molecule has 21 heavy (non-hydrogen) atoms. The SMILES string of the molecule is CC1(C)O[C@H]2O[C@H]3[C@H]([C@H]2O1)N(Cc1ccccc1)C[C@H]3F. The minimum absolute atomic E-state index is 0.0769. The molecule has 0 radical (unpaired) electrons. The van der Waals surface area contributed by atoms with Crippen molar-refractivity contribution in [3.05, 3.63) is 35.9 Å². The maximum Gasteiger partial charge on any atom is 0.189 e. The number of nitrogens with zero attached hydrogens (tertiary/aromatic N) is 1. The highest BCUT2D eigenvalue weighted by atomic mass is 19.1. The lowest BCUT2D eigenvalue weighted by atomic mass is 10.1. The Hall–Kier alpha value is -1.01. The molecule has 0 aromatic heterocycles. The lowest BCUT2D eigenvalue weighted by Gasteiger charge is -2.27. The maximum atomic E-state index is 14.3. The molecule has 0 aliphatic carbocycles. The molecule has 5 heteroatoms. The zero-order valence-electron chi connectivity index (χ0n) is 12.2. The van der Waals surface area contributed by atoms with Crippen molar-refractivity contribution in [3.63, 3.8) is 0 Å². The van der Waals surface area contributed by atoms with Gasteiger partial charge in [-0.3, -0.25) is 4.90 Å². The third-order valence-electron chi connectivity index (χ3n) is 4.47. The summed E-state index contributed by atoms with van der Waals surface area (Å²) < 4.78 is 31.7. The van der Waals surface area contributed by atoms with E-state index in [1.807, 2.05) is 32.0 Å². The largest absolute Gasteiger partial charge is 0.342 e. The highest BCUT2D eigenvalue weighted by molar-refractivity contribution is 5.16. The molecule has 4 rings (SSSR count). The average molecular weight is 293 g/mol. The summed E-state index contributed by atoms with van der Waals surface area (Å²) in [5, 5.41) is 0. The van der Waals surface area contributed by atoms with E-state index in [1.165, 1.54) is 5.56 Å². The Morgan fingerprint density at radius 2 is 1.95 bits per heavy atom. The lowest BCUT2D eigenvalue weighted by Crippen LogP contribution is -2.42. The molecule has 1 aromatic carbocycles. The Morgan fingerprint density at radius 1 is 1.19 bits per heavy atom. The second-order valence-corrected chi connectivity index (χ2v) is 6.49. The minimum atomic E-state index is -0.986. The van der Waals surface area contributed by atoms with Gasteiger partial charge in [0.25, 0.3) is 0 Å². The van der Waals surface area contributed by atoms with E-state index in [1.54, 1.807) is 0 Å². The van der Waals surface area contributed by atoms with Crippen molar-refractivity contribution in [1.82, 2.24) is 4.90 Å². The second kappa shape index (κ2) is 4.74. The molecule has 0 N–H and O–H groups in total. The van der Waals surface area contributed by atoms with E-state index in [-0.39, 0.29) is 12.1 Å². The number of rotatable bonds is 2. The van der Waals surface area contributed by atoms with Gasteiger partial charge in [0, 0.05) is 13.1 Å². The Labute approximate surface area is 123 Å². The van der Waals surface area contributed by atoms with E-state index in [0.29, 0.717) is 13.1 Å². The van der Waals surface area contributed by atoms with Crippen LogP contribution >= 0.6 is 0 Å². The molecule has 1 aromatic rings. The predicted octanol–water partition coefficient (Wildman–Crippen LogP) is 2.09. The Morgan fingerprint density at radius 3 is 2.71 bits per heavy atom. The molecule has 5 atom stereocenters. The summed E-state index contributed by atoms with van der Waals surface area (Å²) in [6, 6.07) is 10.0. The molecule has 3 aliphatic rings. The predicted molar refractivity (Wildman–Crippen MR) is 74.2 cm³/mol. The van der Waals surface area contributed by atoms with Crippen LogP contribution in [0.2, 0.25) is 0 Å². The standard InChI is InChI=1S/C16H20FNO3/c1-16(2)20-14-12-13(19-15(14)21-16)11(17)9-18(12)8-10-6-4-3-5-7-10/h3-7,11-15H,8-9H2,1-2H3/t11-,12-,13-,14-,15-/m1/s1. The van der Waals surface area contributed by atoms with E-state index in [4.69, 9.17) is 14.2 Å². The van der Waals surface area contributed by atoms with Gasteiger partial charge in [-0.25, -0.2) is 4.39 Å². The molecule has 3 heterocycles. The van der Waals surface area contributed by atoms with Crippen molar-refractivity contribution >= 4 is 0 Å². The number of ether oxygens (including phenoxy) is 3. The van der Waals surface area contributed by atoms with Gasteiger partial charge in [-0.15, -0.1) is 0 Å². The van der Waals surface area contributed by atoms with Gasteiger partial charge in [-0.2, -0.15) is 0 Å². The van der Waals surface area contributed by atoms with Crippen LogP contribution in [0.4, 0.5) is 4.39 Å². The first kappa shape index (κ1) is 13.6. The Balaban J connectivity index is 1.56. The summed E-state index contributed by atoms with van der Waals surface area (Å²) in [4.78, 5) is 2.13. The van der Waals surface area contributed by atoms with Gasteiger partial charge >= 0.3 is 0 Å². The Kier molecular flexibility index (Phi) is 3.08. The zero-order valence-corrected chi connectivity index (χ0v) is 12.2. The molecular formula is C16H20FNO3. The fourth-order valence-corrected chi connectivity index (χ4v) is 3.67. The topological polar surface area (TPSA) is 30.9 Å². The molecule has 3 saturated heterocycles. The fourth-order valence-electron chi connectivity index (χ4n) is 3.67.